The Kier molecular flexibility index (Phi) is 3.41. The molecule has 3 nitrogen and oxygen atoms in total. The molecule has 0 aliphatic heterocycles. The molecule has 0 aliphatic rings. The summed E-state index contributed by atoms with van der Waals surface area (Å²) in [6, 6.07) is 7.44. The van der Waals surface area contributed by atoms with Crippen molar-refractivity contribution in [3.8, 4) is 0 Å². The fourth-order valence-corrected chi connectivity index (χ4v) is 2.34. The zero-order valence-electron chi connectivity index (χ0n) is 7.02. The second-order valence-corrected chi connectivity index (χ2v) is 5.30. The van der Waals surface area contributed by atoms with Crippen LogP contribution in [0.3, 0.4) is 0 Å². The summed E-state index contributed by atoms with van der Waals surface area (Å²) in [6.07, 6.45) is 0. The van der Waals surface area contributed by atoms with Crippen LogP contribution in [0.4, 0.5) is 5.69 Å². The monoisotopic (exact) mass is 230 g/mol. The summed E-state index contributed by atoms with van der Waals surface area (Å²) in [5.41, 5.74) is 0.561. The van der Waals surface area contributed by atoms with Crippen LogP contribution in [0.5, 0.6) is 0 Å². The number of nitroso groups, excluding NO2 is 1. The molecule has 0 saturated carbocycles. The van der Waals surface area contributed by atoms with Crippen LogP contribution in [0, 0.1) is 4.91 Å². The van der Waals surface area contributed by atoms with Gasteiger partial charge < -0.3 is 0 Å². The summed E-state index contributed by atoms with van der Waals surface area (Å²) in [7, 11) is 3.98. The Labute approximate surface area is 78.1 Å². The summed E-state index contributed by atoms with van der Waals surface area (Å²) >= 11 is 0.199. The summed E-state index contributed by atoms with van der Waals surface area (Å²) in [4.78, 5) is 10.4. The molecule has 0 amide bonds. The van der Waals surface area contributed by atoms with Crippen LogP contribution in [0.25, 0.3) is 0 Å². The molecule has 0 aliphatic carbocycles. The molecule has 0 N–H and O–H groups in total. The molecule has 0 atom stereocenters. The Hall–Kier alpha value is -0.701. The van der Waals surface area contributed by atoms with Crippen molar-refractivity contribution in [3.05, 3.63) is 29.2 Å². The summed E-state index contributed by atoms with van der Waals surface area (Å²) < 4.78 is 3.10. The molecule has 1 aromatic rings. The first-order chi connectivity index (χ1) is 5.74. The Morgan fingerprint density at radius 2 is 2.00 bits per heavy atom. The van der Waals surface area contributed by atoms with Gasteiger partial charge in [0.15, 0.2) is 0 Å². The summed E-state index contributed by atoms with van der Waals surface area (Å²) in [5.74, 6) is 0. The van der Waals surface area contributed by atoms with E-state index in [1.165, 1.54) is 0 Å². The van der Waals surface area contributed by atoms with Crippen molar-refractivity contribution in [2.75, 3.05) is 14.1 Å². The molecule has 0 radical (unpaired) electrons. The third kappa shape index (κ3) is 2.41. The van der Waals surface area contributed by atoms with E-state index in [2.05, 4.69) is 9.09 Å². The molecule has 12 heavy (non-hydrogen) atoms. The SMILES string of the molecule is CN(C)[Se]c1ccccc1N=O. The van der Waals surface area contributed by atoms with Gasteiger partial charge in [-0.2, -0.15) is 0 Å². The van der Waals surface area contributed by atoms with Gasteiger partial charge in [0.25, 0.3) is 0 Å². The van der Waals surface area contributed by atoms with Crippen molar-refractivity contribution in [3.63, 3.8) is 0 Å². The van der Waals surface area contributed by atoms with Gasteiger partial charge >= 0.3 is 77.7 Å². The number of hydrogen-bond acceptors (Lipinski definition) is 3. The first-order valence-electron chi connectivity index (χ1n) is 3.51. The predicted octanol–water partition coefficient (Wildman–Crippen LogP) is 0.891. The average Bonchev–Trinajstić information content (AvgIpc) is 2.04. The van der Waals surface area contributed by atoms with Gasteiger partial charge in [-0.25, -0.2) is 0 Å². The third-order valence-electron chi connectivity index (χ3n) is 1.24. The van der Waals surface area contributed by atoms with E-state index < -0.39 is 0 Å². The van der Waals surface area contributed by atoms with E-state index in [0.717, 1.165) is 4.46 Å². The Balaban J connectivity index is 2.89. The molecular weight excluding hydrogens is 219 g/mol. The van der Waals surface area contributed by atoms with E-state index in [4.69, 9.17) is 0 Å². The van der Waals surface area contributed by atoms with Crippen molar-refractivity contribution >= 4 is 25.3 Å². The van der Waals surface area contributed by atoms with E-state index in [9.17, 15) is 4.91 Å². The van der Waals surface area contributed by atoms with E-state index in [1.54, 1.807) is 6.07 Å². The van der Waals surface area contributed by atoms with Crippen molar-refractivity contribution in [1.29, 1.82) is 0 Å². The van der Waals surface area contributed by atoms with Crippen molar-refractivity contribution in [2.45, 2.75) is 0 Å². The second-order valence-electron chi connectivity index (χ2n) is 2.46. The number of hydrogen-bond donors (Lipinski definition) is 0. The molecule has 64 valence electrons. The second kappa shape index (κ2) is 4.36. The van der Waals surface area contributed by atoms with Crippen LogP contribution in [0.1, 0.15) is 0 Å². The van der Waals surface area contributed by atoms with Gasteiger partial charge in [-0.3, -0.25) is 0 Å². The molecule has 0 aromatic heterocycles. The van der Waals surface area contributed by atoms with E-state index in [-0.39, 0.29) is 15.2 Å². The topological polar surface area (TPSA) is 32.7 Å². The van der Waals surface area contributed by atoms with Gasteiger partial charge in [0.05, 0.1) is 0 Å². The molecule has 0 bridgehead atoms. The van der Waals surface area contributed by atoms with Crippen LogP contribution >= 0.6 is 0 Å². The molecule has 1 aromatic carbocycles. The zero-order valence-corrected chi connectivity index (χ0v) is 8.73. The van der Waals surface area contributed by atoms with Crippen LogP contribution < -0.4 is 4.46 Å². The van der Waals surface area contributed by atoms with Crippen molar-refractivity contribution in [1.82, 2.24) is 3.92 Å². The van der Waals surface area contributed by atoms with Crippen LogP contribution in [-0.2, 0) is 0 Å². The van der Waals surface area contributed by atoms with E-state index in [1.807, 2.05) is 32.3 Å². The van der Waals surface area contributed by atoms with E-state index in [0.29, 0.717) is 5.69 Å². The minimum atomic E-state index is 0.199. The van der Waals surface area contributed by atoms with Gasteiger partial charge in [-0.05, 0) is 0 Å². The van der Waals surface area contributed by atoms with Crippen LogP contribution in [-0.4, -0.2) is 33.2 Å². The number of benzene rings is 1. The maximum atomic E-state index is 10.4. The van der Waals surface area contributed by atoms with Gasteiger partial charge in [0.1, 0.15) is 0 Å². The molecule has 0 unspecified atom stereocenters. The van der Waals surface area contributed by atoms with Gasteiger partial charge in [-0.1, -0.05) is 0 Å². The van der Waals surface area contributed by atoms with Crippen molar-refractivity contribution < 1.29 is 0 Å². The minimum absolute atomic E-state index is 0.199. The standard InChI is InChI=1S/C8H10N2OSe/c1-10(2)12-8-6-4-3-5-7(8)9-11/h3-6H,1-2H3. The average molecular weight is 229 g/mol. The number of rotatable bonds is 3. The summed E-state index contributed by atoms with van der Waals surface area (Å²) in [5, 5.41) is 2.96. The van der Waals surface area contributed by atoms with E-state index >= 15 is 0 Å². The fourth-order valence-electron chi connectivity index (χ4n) is 0.806. The van der Waals surface area contributed by atoms with Gasteiger partial charge in [0, 0.05) is 0 Å². The molecule has 0 heterocycles. The fraction of sp³-hybridized carbons (Fsp3) is 0.250. The Bertz CT molecular complexity index is 276. The molecular formula is C8H10N2OSe. The van der Waals surface area contributed by atoms with Crippen molar-refractivity contribution in [2.24, 2.45) is 5.18 Å². The molecule has 0 fully saturated rings. The zero-order chi connectivity index (χ0) is 8.97. The quantitative estimate of drug-likeness (QED) is 0.569. The molecule has 4 heteroatoms. The normalized spacial score (nSPS) is 10.2. The molecule has 0 saturated heterocycles. The third-order valence-corrected chi connectivity index (χ3v) is 3.15. The maximum absolute atomic E-state index is 10.4. The first-order valence-corrected chi connectivity index (χ1v) is 5.14. The number of nitrogens with zero attached hydrogens (tertiary/aromatic N) is 2. The van der Waals surface area contributed by atoms with Crippen LogP contribution in [0.2, 0.25) is 0 Å². The molecule has 1 rings (SSSR count). The summed E-state index contributed by atoms with van der Waals surface area (Å²) in [6.45, 7) is 0. The van der Waals surface area contributed by atoms with Gasteiger partial charge in [-0.15, -0.1) is 0 Å². The predicted molar refractivity (Wildman–Crippen MR) is 51.0 cm³/mol. The van der Waals surface area contributed by atoms with Crippen LogP contribution in [0.15, 0.2) is 29.4 Å². The van der Waals surface area contributed by atoms with Gasteiger partial charge in [0.2, 0.25) is 0 Å². The first kappa shape index (κ1) is 9.39. The Morgan fingerprint density at radius 3 is 2.58 bits per heavy atom. The Morgan fingerprint density at radius 1 is 1.33 bits per heavy atom. The molecule has 0 spiro atoms.